The second-order valence-corrected chi connectivity index (χ2v) is 5.52. The van der Waals surface area contributed by atoms with Gasteiger partial charge in [0.1, 0.15) is 0 Å². The summed E-state index contributed by atoms with van der Waals surface area (Å²) < 4.78 is 5.06. The molecule has 0 spiro atoms. The fourth-order valence-corrected chi connectivity index (χ4v) is 2.44. The molecule has 10 heteroatoms. The number of urea groups is 1. The Morgan fingerprint density at radius 1 is 1.48 bits per heavy atom. The zero-order valence-corrected chi connectivity index (χ0v) is 15.4. The summed E-state index contributed by atoms with van der Waals surface area (Å²) in [5, 5.41) is 13.7. The monoisotopic (exact) mass is 374 g/mol. The Labute approximate surface area is 152 Å². The zero-order chi connectivity index (χ0) is 18.3. The molecule has 3 amide bonds. The molecule has 0 saturated heterocycles. The fraction of sp³-hybridized carbons (Fsp3) is 0.467. The van der Waals surface area contributed by atoms with Gasteiger partial charge in [-0.15, -0.1) is 0 Å². The average molecular weight is 375 g/mol. The van der Waals surface area contributed by atoms with Crippen molar-refractivity contribution in [1.29, 1.82) is 0 Å². The molecule has 1 aromatic carbocycles. The van der Waals surface area contributed by atoms with E-state index >= 15 is 0 Å². The first-order valence-corrected chi connectivity index (χ1v) is 7.36. The summed E-state index contributed by atoms with van der Waals surface area (Å²) in [4.78, 5) is 35.2. The van der Waals surface area contributed by atoms with Crippen LogP contribution in [0, 0.1) is 10.1 Å². The fourth-order valence-electron chi connectivity index (χ4n) is 2.44. The second-order valence-electron chi connectivity index (χ2n) is 5.52. The van der Waals surface area contributed by atoms with Crippen molar-refractivity contribution in [3.8, 4) is 5.75 Å². The number of methoxy groups -OCH3 is 1. The summed E-state index contributed by atoms with van der Waals surface area (Å²) in [5.41, 5.74) is 0.267. The standard InChI is InChI=1S/C15H22N4O5.ClH/c1-16-15(21)19(3,9-5-8-17(2)11-20)13-10-12(18(22)23)6-7-14(13)24-4;/h6-7,10-11H,5,8-9H2,1-4H3;1H. The van der Waals surface area contributed by atoms with E-state index in [2.05, 4.69) is 5.32 Å². The molecule has 0 fully saturated rings. The highest BCUT2D eigenvalue weighted by atomic mass is 35.5. The molecule has 0 heterocycles. The largest absolute Gasteiger partial charge is 1.00 e. The molecule has 0 aliphatic carbocycles. The van der Waals surface area contributed by atoms with Crippen LogP contribution in [0.3, 0.4) is 0 Å². The molecule has 0 aromatic heterocycles. The van der Waals surface area contributed by atoms with Gasteiger partial charge < -0.3 is 27.4 Å². The van der Waals surface area contributed by atoms with Gasteiger partial charge in [-0.2, -0.15) is 0 Å². The third-order valence-corrected chi connectivity index (χ3v) is 3.86. The van der Waals surface area contributed by atoms with E-state index in [1.54, 1.807) is 14.1 Å². The quantitative estimate of drug-likeness (QED) is 0.254. The zero-order valence-electron chi connectivity index (χ0n) is 14.7. The Kier molecular flexibility index (Phi) is 8.86. The number of nitrogens with zero attached hydrogens (tertiary/aromatic N) is 3. The highest BCUT2D eigenvalue weighted by Gasteiger charge is 2.37. The van der Waals surface area contributed by atoms with Crippen LogP contribution in [0.2, 0.25) is 0 Å². The SMILES string of the molecule is CNC(=O)[N+](C)(CCCN(C)C=O)c1cc([N+](=O)[O-])ccc1OC.[Cl-]. The van der Waals surface area contributed by atoms with Crippen LogP contribution < -0.4 is 26.9 Å². The molecule has 25 heavy (non-hydrogen) atoms. The van der Waals surface area contributed by atoms with Gasteiger partial charge in [-0.1, -0.05) is 0 Å². The Morgan fingerprint density at radius 3 is 2.60 bits per heavy atom. The van der Waals surface area contributed by atoms with Crippen LogP contribution in [0.1, 0.15) is 6.42 Å². The van der Waals surface area contributed by atoms with Gasteiger partial charge in [-0.3, -0.25) is 14.9 Å². The van der Waals surface area contributed by atoms with Crippen LogP contribution in [-0.4, -0.2) is 63.6 Å². The van der Waals surface area contributed by atoms with Crippen LogP contribution >= 0.6 is 0 Å². The van der Waals surface area contributed by atoms with Crippen LogP contribution in [0.4, 0.5) is 16.2 Å². The molecule has 140 valence electrons. The van der Waals surface area contributed by atoms with Crippen molar-refractivity contribution in [2.24, 2.45) is 0 Å². The van der Waals surface area contributed by atoms with Gasteiger partial charge in [-0.25, -0.2) is 9.28 Å². The van der Waals surface area contributed by atoms with Crippen LogP contribution in [0.25, 0.3) is 0 Å². The van der Waals surface area contributed by atoms with Crippen molar-refractivity contribution in [2.45, 2.75) is 6.42 Å². The van der Waals surface area contributed by atoms with E-state index in [0.29, 0.717) is 37.4 Å². The number of nitro benzene ring substituents is 1. The summed E-state index contributed by atoms with van der Waals surface area (Å²) in [7, 11) is 6.24. The lowest BCUT2D eigenvalue weighted by Crippen LogP contribution is -3.00. The number of nitrogens with one attached hydrogen (secondary N) is 1. The Bertz CT molecular complexity index is 628. The molecular formula is C15H23ClN4O5. The van der Waals surface area contributed by atoms with E-state index in [-0.39, 0.29) is 28.6 Å². The highest BCUT2D eigenvalue weighted by Crippen LogP contribution is 2.36. The lowest BCUT2D eigenvalue weighted by Gasteiger charge is -2.31. The van der Waals surface area contributed by atoms with Crippen LogP contribution in [0.15, 0.2) is 18.2 Å². The number of nitro groups is 1. The maximum Gasteiger partial charge on any atom is 0.421 e. The first-order chi connectivity index (χ1) is 11.3. The van der Waals surface area contributed by atoms with Crippen molar-refractivity contribution < 1.29 is 31.7 Å². The third kappa shape index (κ3) is 5.30. The Morgan fingerprint density at radius 2 is 2.12 bits per heavy atom. The van der Waals surface area contributed by atoms with E-state index in [1.165, 1.54) is 37.3 Å². The molecule has 0 radical (unpaired) electrons. The maximum atomic E-state index is 12.5. The Hall–Kier alpha value is -2.39. The molecule has 1 rings (SSSR count). The number of carbonyl (C=O) groups is 2. The predicted molar refractivity (Wildman–Crippen MR) is 90.0 cm³/mol. The van der Waals surface area contributed by atoms with E-state index in [0.717, 1.165) is 0 Å². The molecule has 0 aliphatic heterocycles. The minimum atomic E-state index is -0.517. The van der Waals surface area contributed by atoms with E-state index in [4.69, 9.17) is 4.74 Å². The molecule has 0 bridgehead atoms. The summed E-state index contributed by atoms with van der Waals surface area (Å²) in [5.74, 6) is 0.385. The van der Waals surface area contributed by atoms with Gasteiger partial charge in [0.05, 0.1) is 31.7 Å². The topological polar surface area (TPSA) is 102 Å². The van der Waals surface area contributed by atoms with Gasteiger partial charge in [-0.05, 0) is 6.07 Å². The van der Waals surface area contributed by atoms with Gasteiger partial charge in [0.25, 0.3) is 5.69 Å². The van der Waals surface area contributed by atoms with Crippen LogP contribution in [-0.2, 0) is 4.79 Å². The summed E-state index contributed by atoms with van der Waals surface area (Å²) >= 11 is 0. The number of halogens is 1. The lowest BCUT2D eigenvalue weighted by molar-refractivity contribution is -0.384. The van der Waals surface area contributed by atoms with Crippen LogP contribution in [0.5, 0.6) is 5.75 Å². The normalized spacial score (nSPS) is 12.3. The lowest BCUT2D eigenvalue weighted by atomic mass is 10.2. The van der Waals surface area contributed by atoms with Crippen molar-refractivity contribution in [2.75, 3.05) is 41.3 Å². The first-order valence-electron chi connectivity index (χ1n) is 7.36. The van der Waals surface area contributed by atoms with Crippen molar-refractivity contribution in [3.63, 3.8) is 0 Å². The van der Waals surface area contributed by atoms with E-state index in [9.17, 15) is 19.7 Å². The number of hydrogen-bond acceptors (Lipinski definition) is 5. The van der Waals surface area contributed by atoms with E-state index in [1.807, 2.05) is 0 Å². The molecule has 0 aliphatic rings. The van der Waals surface area contributed by atoms with Gasteiger partial charge in [0.2, 0.25) is 6.41 Å². The number of quaternary nitrogens is 1. The van der Waals surface area contributed by atoms with Gasteiger partial charge in [0.15, 0.2) is 11.4 Å². The van der Waals surface area contributed by atoms with E-state index < -0.39 is 4.92 Å². The second kappa shape index (κ2) is 9.80. The average Bonchev–Trinajstić information content (AvgIpc) is 2.59. The summed E-state index contributed by atoms with van der Waals surface area (Å²) in [6.07, 6.45) is 1.24. The number of benzene rings is 1. The molecule has 1 N–H and O–H groups in total. The van der Waals surface area contributed by atoms with Crippen molar-refractivity contribution >= 4 is 23.8 Å². The van der Waals surface area contributed by atoms with Crippen molar-refractivity contribution in [1.82, 2.24) is 14.7 Å². The minimum absolute atomic E-state index is 0. The number of non-ortho nitro benzene ring substituents is 1. The highest BCUT2D eigenvalue weighted by molar-refractivity contribution is 5.88. The smallest absolute Gasteiger partial charge is 0.421 e. The number of hydrogen-bond donors (Lipinski definition) is 1. The molecule has 1 aromatic rings. The van der Waals surface area contributed by atoms with Gasteiger partial charge in [0, 0.05) is 33.1 Å². The number of rotatable bonds is 8. The molecule has 9 nitrogen and oxygen atoms in total. The molecular weight excluding hydrogens is 352 g/mol. The number of amides is 3. The Balaban J connectivity index is 0.00000576. The number of carbonyl (C=O) groups excluding carboxylic acids is 2. The molecule has 1 atom stereocenters. The first kappa shape index (κ1) is 22.6. The summed E-state index contributed by atoms with van der Waals surface area (Å²) in [6.45, 7) is 0.807. The third-order valence-electron chi connectivity index (χ3n) is 3.86. The minimum Gasteiger partial charge on any atom is -1.00 e. The predicted octanol–water partition coefficient (Wildman–Crippen LogP) is -1.64. The molecule has 1 unspecified atom stereocenters. The maximum absolute atomic E-state index is 12.5. The molecule has 0 saturated carbocycles. The van der Waals surface area contributed by atoms with Gasteiger partial charge >= 0.3 is 6.03 Å². The van der Waals surface area contributed by atoms with Crippen molar-refractivity contribution in [3.05, 3.63) is 28.3 Å². The summed E-state index contributed by atoms with van der Waals surface area (Å²) in [6, 6.07) is 3.82. The number of ether oxygens (including phenoxy) is 1.